The first kappa shape index (κ1) is 20.9. The van der Waals surface area contributed by atoms with Gasteiger partial charge in [0.1, 0.15) is 6.04 Å². The minimum atomic E-state index is -1.04. The molecule has 0 aliphatic heterocycles. The molecular weight excluding hydrogens is 370 g/mol. The summed E-state index contributed by atoms with van der Waals surface area (Å²) in [5.74, 6) is -0.761. The first-order valence-corrected chi connectivity index (χ1v) is 8.78. The molecular formula is C18H23N3O5S. The molecule has 2 aromatic rings. The second-order valence-corrected chi connectivity index (χ2v) is 7.73. The molecule has 0 unspecified atom stereocenters. The number of nitrogens with one attached hydrogen (secondary N) is 2. The summed E-state index contributed by atoms with van der Waals surface area (Å²) in [6, 6.07) is 8.78. The van der Waals surface area contributed by atoms with Crippen LogP contribution in [0.4, 0.5) is 0 Å². The molecule has 2 amide bonds. The first-order chi connectivity index (χ1) is 12.8. The summed E-state index contributed by atoms with van der Waals surface area (Å²) in [6.45, 7) is 2.46. The molecule has 1 aromatic heterocycles. The average molecular weight is 393 g/mol. The van der Waals surface area contributed by atoms with Crippen molar-refractivity contribution in [2.75, 3.05) is 13.2 Å². The summed E-state index contributed by atoms with van der Waals surface area (Å²) in [5, 5.41) is 27.1. The van der Waals surface area contributed by atoms with Crippen molar-refractivity contribution in [1.29, 1.82) is 0 Å². The van der Waals surface area contributed by atoms with E-state index in [4.69, 9.17) is 14.7 Å². The molecule has 1 aromatic carbocycles. The fourth-order valence-electron chi connectivity index (χ4n) is 2.32. The van der Waals surface area contributed by atoms with Crippen molar-refractivity contribution in [1.82, 2.24) is 15.8 Å². The van der Waals surface area contributed by atoms with Gasteiger partial charge >= 0.3 is 0 Å². The second kappa shape index (κ2) is 9.03. The Labute approximate surface area is 162 Å². The van der Waals surface area contributed by atoms with E-state index in [1.807, 2.05) is 30.3 Å². The number of carbonyl (C=O) groups is 2. The van der Waals surface area contributed by atoms with E-state index in [-0.39, 0.29) is 5.69 Å². The zero-order chi connectivity index (χ0) is 20.0. The van der Waals surface area contributed by atoms with Crippen LogP contribution in [0, 0.1) is 0 Å². The van der Waals surface area contributed by atoms with Crippen LogP contribution in [-0.4, -0.2) is 57.2 Å². The van der Waals surface area contributed by atoms with Crippen LogP contribution in [0.2, 0.25) is 0 Å². The lowest BCUT2D eigenvalue weighted by Gasteiger charge is -2.30. The fourth-order valence-corrected chi connectivity index (χ4v) is 2.50. The Hall–Kier alpha value is -2.36. The quantitative estimate of drug-likeness (QED) is 0.419. The third-order valence-electron chi connectivity index (χ3n) is 3.83. The predicted molar refractivity (Wildman–Crippen MR) is 102 cm³/mol. The molecule has 0 aliphatic carbocycles. The highest BCUT2D eigenvalue weighted by Crippen LogP contribution is 2.21. The molecule has 4 N–H and O–H groups in total. The van der Waals surface area contributed by atoms with Gasteiger partial charge in [0.05, 0.1) is 19.3 Å². The van der Waals surface area contributed by atoms with Crippen molar-refractivity contribution in [2.24, 2.45) is 0 Å². The van der Waals surface area contributed by atoms with Gasteiger partial charge in [0, 0.05) is 16.4 Å². The molecule has 9 heteroatoms. The van der Waals surface area contributed by atoms with Crippen LogP contribution >= 0.6 is 12.6 Å². The van der Waals surface area contributed by atoms with Crippen molar-refractivity contribution < 1.29 is 24.3 Å². The van der Waals surface area contributed by atoms with Crippen LogP contribution in [-0.2, 0) is 4.79 Å². The predicted octanol–water partition coefficient (Wildman–Crippen LogP) is 0.618. The van der Waals surface area contributed by atoms with Crippen molar-refractivity contribution in [3.63, 3.8) is 0 Å². The van der Waals surface area contributed by atoms with Gasteiger partial charge in [-0.25, -0.2) is 0 Å². The smallest absolute Gasteiger partial charge is 0.274 e. The van der Waals surface area contributed by atoms with Crippen molar-refractivity contribution in [3.05, 3.63) is 42.1 Å². The van der Waals surface area contributed by atoms with Gasteiger partial charge in [0.2, 0.25) is 5.91 Å². The maximum absolute atomic E-state index is 12.5. The lowest BCUT2D eigenvalue weighted by molar-refractivity contribution is -0.124. The molecule has 27 heavy (non-hydrogen) atoms. The molecule has 0 radical (unpaired) electrons. The molecule has 0 fully saturated rings. The van der Waals surface area contributed by atoms with Gasteiger partial charge in [-0.3, -0.25) is 9.59 Å². The van der Waals surface area contributed by atoms with E-state index >= 15 is 0 Å². The summed E-state index contributed by atoms with van der Waals surface area (Å²) in [4.78, 5) is 25.0. The fraction of sp³-hybridized carbons (Fsp3) is 0.389. The number of hydrogen-bond acceptors (Lipinski definition) is 7. The van der Waals surface area contributed by atoms with Gasteiger partial charge in [-0.15, -0.1) is 0 Å². The highest BCUT2D eigenvalue weighted by Gasteiger charge is 2.35. The van der Waals surface area contributed by atoms with Crippen LogP contribution in [0.5, 0.6) is 0 Å². The zero-order valence-electron chi connectivity index (χ0n) is 15.0. The molecule has 1 heterocycles. The molecule has 0 bridgehead atoms. The van der Waals surface area contributed by atoms with E-state index in [0.29, 0.717) is 5.76 Å². The number of aliphatic hydroxyl groups excluding tert-OH is 2. The van der Waals surface area contributed by atoms with Gasteiger partial charge in [-0.1, -0.05) is 35.5 Å². The highest BCUT2D eigenvalue weighted by molar-refractivity contribution is 7.81. The van der Waals surface area contributed by atoms with Crippen LogP contribution in [0.25, 0.3) is 11.3 Å². The van der Waals surface area contributed by atoms with E-state index in [1.54, 1.807) is 13.8 Å². The SMILES string of the molecule is CC(C)(S)[C@H](NC(=O)c1cc(-c2ccccc2)on1)C(=O)NC(CO)CO. The molecule has 0 spiro atoms. The number of hydrogen-bond donors (Lipinski definition) is 5. The number of carbonyl (C=O) groups excluding carboxylic acids is 2. The normalized spacial score (nSPS) is 12.7. The van der Waals surface area contributed by atoms with Gasteiger partial charge in [-0.2, -0.15) is 12.6 Å². The third kappa shape index (κ3) is 5.56. The maximum Gasteiger partial charge on any atom is 0.274 e. The summed E-state index contributed by atoms with van der Waals surface area (Å²) in [6.07, 6.45) is 0. The number of thiol groups is 1. The Morgan fingerprint density at radius 1 is 1.19 bits per heavy atom. The largest absolute Gasteiger partial charge is 0.394 e. The molecule has 2 rings (SSSR count). The van der Waals surface area contributed by atoms with Crippen molar-refractivity contribution >= 4 is 24.4 Å². The van der Waals surface area contributed by atoms with Crippen molar-refractivity contribution in [2.45, 2.75) is 30.7 Å². The van der Waals surface area contributed by atoms with Crippen LogP contribution in [0.15, 0.2) is 40.9 Å². The lowest BCUT2D eigenvalue weighted by Crippen LogP contribution is -2.58. The standard InChI is InChI=1S/C18H23N3O5S/c1-18(2,27)15(17(25)19-12(9-22)10-23)20-16(24)13-8-14(26-21-13)11-6-4-3-5-7-11/h3-8,12,15,22-23,27H,9-10H2,1-2H3,(H,19,25)(H,20,24)/t15-/m1/s1. The van der Waals surface area contributed by atoms with E-state index in [2.05, 4.69) is 28.4 Å². The monoisotopic (exact) mass is 393 g/mol. The second-order valence-electron chi connectivity index (χ2n) is 6.57. The number of amides is 2. The zero-order valence-corrected chi connectivity index (χ0v) is 15.9. The summed E-state index contributed by atoms with van der Waals surface area (Å²) < 4.78 is 4.29. The molecule has 0 aliphatic rings. The van der Waals surface area contributed by atoms with E-state index in [9.17, 15) is 9.59 Å². The van der Waals surface area contributed by atoms with Gasteiger partial charge in [-0.05, 0) is 13.8 Å². The molecule has 8 nitrogen and oxygen atoms in total. The van der Waals surface area contributed by atoms with E-state index < -0.39 is 41.9 Å². The molecule has 146 valence electrons. The van der Waals surface area contributed by atoms with E-state index in [0.717, 1.165) is 5.56 Å². The molecule has 0 saturated carbocycles. The summed E-state index contributed by atoms with van der Waals surface area (Å²) in [5.41, 5.74) is 0.784. The first-order valence-electron chi connectivity index (χ1n) is 8.33. The van der Waals surface area contributed by atoms with E-state index in [1.165, 1.54) is 6.07 Å². The number of benzene rings is 1. The Balaban J connectivity index is 2.14. The van der Waals surface area contributed by atoms with Crippen LogP contribution in [0.3, 0.4) is 0 Å². The Morgan fingerprint density at radius 3 is 2.37 bits per heavy atom. The number of rotatable bonds is 8. The summed E-state index contributed by atoms with van der Waals surface area (Å²) in [7, 11) is 0. The lowest BCUT2D eigenvalue weighted by atomic mass is 10.0. The molecule has 1 atom stereocenters. The molecule has 0 saturated heterocycles. The Kier molecular flexibility index (Phi) is 7.00. The number of aromatic nitrogens is 1. The highest BCUT2D eigenvalue weighted by atomic mass is 32.1. The maximum atomic E-state index is 12.5. The van der Waals surface area contributed by atoms with Gasteiger partial charge < -0.3 is 25.4 Å². The van der Waals surface area contributed by atoms with Crippen LogP contribution < -0.4 is 10.6 Å². The Bertz CT molecular complexity index is 769. The van der Waals surface area contributed by atoms with Crippen molar-refractivity contribution in [3.8, 4) is 11.3 Å². The number of aliphatic hydroxyl groups is 2. The minimum Gasteiger partial charge on any atom is -0.394 e. The average Bonchev–Trinajstić information content (AvgIpc) is 3.13. The Morgan fingerprint density at radius 2 is 1.81 bits per heavy atom. The third-order valence-corrected chi connectivity index (χ3v) is 4.09. The number of nitrogens with zero attached hydrogens (tertiary/aromatic N) is 1. The van der Waals surface area contributed by atoms with Gasteiger partial charge in [0.25, 0.3) is 5.91 Å². The topological polar surface area (TPSA) is 125 Å². The summed E-state index contributed by atoms with van der Waals surface area (Å²) >= 11 is 4.38. The minimum absolute atomic E-state index is 0.0186. The van der Waals surface area contributed by atoms with Crippen LogP contribution in [0.1, 0.15) is 24.3 Å². The van der Waals surface area contributed by atoms with Gasteiger partial charge in [0.15, 0.2) is 11.5 Å².